The van der Waals surface area contributed by atoms with Gasteiger partial charge in [-0.1, -0.05) is 127 Å². The van der Waals surface area contributed by atoms with E-state index in [-0.39, 0.29) is 0 Å². The van der Waals surface area contributed by atoms with Crippen molar-refractivity contribution in [2.24, 2.45) is 0 Å². The lowest BCUT2D eigenvalue weighted by Gasteiger charge is -2.20. The van der Waals surface area contributed by atoms with Crippen LogP contribution in [0.3, 0.4) is 0 Å². The average molecular weight is 685 g/mol. The Labute approximate surface area is 302 Å². The first-order chi connectivity index (χ1) is 25.7. The van der Waals surface area contributed by atoms with Crippen molar-refractivity contribution in [2.45, 2.75) is 0 Å². The molecule has 0 aliphatic carbocycles. The first kappa shape index (κ1) is 30.4. The van der Waals surface area contributed by atoms with Crippen LogP contribution in [0.5, 0.6) is 0 Å². The molecule has 0 saturated carbocycles. The summed E-state index contributed by atoms with van der Waals surface area (Å²) in [5, 5.41) is 7.37. The number of rotatable bonds is 6. The van der Waals surface area contributed by atoms with Crippen molar-refractivity contribution in [2.75, 3.05) is 0 Å². The Morgan fingerprint density at radius 2 is 0.673 bits per heavy atom. The van der Waals surface area contributed by atoms with Crippen LogP contribution in [0.2, 0.25) is 0 Å². The molecule has 3 nitrogen and oxygen atoms in total. The zero-order chi connectivity index (χ0) is 34.6. The molecule has 0 spiro atoms. The van der Waals surface area contributed by atoms with E-state index in [4.69, 9.17) is 0 Å². The van der Waals surface area contributed by atoms with Crippen LogP contribution in [0.25, 0.3) is 66.1 Å². The molecule has 10 rings (SSSR count). The van der Waals surface area contributed by atoms with Crippen LogP contribution < -0.4 is 15.9 Å². The molecule has 4 heteroatoms. The second-order valence-electron chi connectivity index (χ2n) is 13.3. The standard InChI is InChI=1S/C48H33N2OP/c51-52(38-16-6-2-7-17-38,39-18-8-3-9-19-39)40-28-26-37(27-29-40)50-46-23-13-11-21-42(46)44-33-35(25-31-48(44)50)34-24-30-47-43(32-34)41-20-10-12-22-45(41)49(47)36-14-4-1-5-15-36/h1-33H. The zero-order valence-electron chi connectivity index (χ0n) is 28.3. The summed E-state index contributed by atoms with van der Waals surface area (Å²) in [5.74, 6) is 0. The van der Waals surface area contributed by atoms with Gasteiger partial charge in [0.2, 0.25) is 0 Å². The highest BCUT2D eigenvalue weighted by atomic mass is 31.2. The van der Waals surface area contributed by atoms with E-state index in [0.29, 0.717) is 0 Å². The number of nitrogens with zero attached hydrogens (tertiary/aromatic N) is 2. The molecule has 2 heterocycles. The van der Waals surface area contributed by atoms with Crippen molar-refractivity contribution in [3.63, 3.8) is 0 Å². The van der Waals surface area contributed by atoms with Crippen molar-refractivity contribution < 1.29 is 4.57 Å². The summed E-state index contributed by atoms with van der Waals surface area (Å²) in [6, 6.07) is 69.6. The smallest absolute Gasteiger partial charge is 0.171 e. The van der Waals surface area contributed by atoms with E-state index in [1.54, 1.807) is 0 Å². The number of hydrogen-bond acceptors (Lipinski definition) is 1. The summed E-state index contributed by atoms with van der Waals surface area (Å²) in [4.78, 5) is 0. The Bertz CT molecular complexity index is 2920. The van der Waals surface area contributed by atoms with Crippen LogP contribution in [0.4, 0.5) is 0 Å². The van der Waals surface area contributed by atoms with Crippen LogP contribution >= 0.6 is 7.14 Å². The van der Waals surface area contributed by atoms with Gasteiger partial charge in [-0.05, 0) is 83.9 Å². The van der Waals surface area contributed by atoms with Crippen LogP contribution in [-0.2, 0) is 4.57 Å². The minimum absolute atomic E-state index is 0.820. The number of hydrogen-bond donors (Lipinski definition) is 0. The predicted octanol–water partition coefficient (Wildman–Crippen LogP) is 11.2. The molecule has 0 N–H and O–H groups in total. The highest BCUT2D eigenvalue weighted by molar-refractivity contribution is 7.85. The molecule has 0 atom stereocenters. The molecule has 0 bridgehead atoms. The van der Waals surface area contributed by atoms with E-state index in [1.165, 1.54) is 43.7 Å². The molecule has 8 aromatic carbocycles. The number of fused-ring (bicyclic) bond motifs is 6. The maximum Gasteiger partial charge on any atom is 0.171 e. The average Bonchev–Trinajstić information content (AvgIpc) is 3.74. The van der Waals surface area contributed by atoms with Gasteiger partial charge in [0.15, 0.2) is 7.14 Å². The fourth-order valence-corrected chi connectivity index (χ4v) is 10.6. The van der Waals surface area contributed by atoms with Crippen LogP contribution in [0.15, 0.2) is 200 Å². The second-order valence-corrected chi connectivity index (χ2v) is 16.1. The molecular formula is C48H33N2OP. The quantitative estimate of drug-likeness (QED) is 0.160. The van der Waals surface area contributed by atoms with E-state index in [2.05, 4.69) is 137 Å². The number of para-hydroxylation sites is 3. The lowest BCUT2D eigenvalue weighted by atomic mass is 10.0. The molecular weight excluding hydrogens is 652 g/mol. The largest absolute Gasteiger partial charge is 0.309 e. The molecule has 0 radical (unpaired) electrons. The third-order valence-corrected chi connectivity index (χ3v) is 13.5. The molecule has 2 aromatic heterocycles. The predicted molar refractivity (Wildman–Crippen MR) is 220 cm³/mol. The van der Waals surface area contributed by atoms with Crippen molar-refractivity contribution in [1.82, 2.24) is 9.13 Å². The first-order valence-electron chi connectivity index (χ1n) is 17.6. The van der Waals surface area contributed by atoms with Gasteiger partial charge in [0.1, 0.15) is 0 Å². The van der Waals surface area contributed by atoms with E-state index < -0.39 is 7.14 Å². The second kappa shape index (κ2) is 12.1. The van der Waals surface area contributed by atoms with Gasteiger partial charge < -0.3 is 13.7 Å². The minimum atomic E-state index is -3.07. The Hall–Kier alpha value is -6.41. The molecule has 0 amide bonds. The summed E-state index contributed by atoms with van der Waals surface area (Å²) in [6.07, 6.45) is 0. The summed E-state index contributed by atoms with van der Waals surface area (Å²) in [7, 11) is -3.07. The Morgan fingerprint density at radius 3 is 1.15 bits per heavy atom. The van der Waals surface area contributed by atoms with Gasteiger partial charge in [-0.2, -0.15) is 0 Å². The minimum Gasteiger partial charge on any atom is -0.309 e. The third-order valence-electron chi connectivity index (χ3n) is 10.4. The molecule has 10 aromatic rings. The Morgan fingerprint density at radius 1 is 0.308 bits per heavy atom. The van der Waals surface area contributed by atoms with Crippen molar-refractivity contribution in [3.8, 4) is 22.5 Å². The fraction of sp³-hybridized carbons (Fsp3) is 0. The topological polar surface area (TPSA) is 26.9 Å². The summed E-state index contributed by atoms with van der Waals surface area (Å²) in [5.41, 5.74) is 9.22. The lowest BCUT2D eigenvalue weighted by molar-refractivity contribution is 0.592. The number of aromatic nitrogens is 2. The van der Waals surface area contributed by atoms with Gasteiger partial charge in [0.25, 0.3) is 0 Å². The molecule has 0 fully saturated rings. The van der Waals surface area contributed by atoms with Crippen LogP contribution in [0, 0.1) is 0 Å². The van der Waals surface area contributed by atoms with Crippen molar-refractivity contribution in [1.29, 1.82) is 0 Å². The maximum absolute atomic E-state index is 15.0. The molecule has 0 saturated heterocycles. The first-order valence-corrected chi connectivity index (χ1v) is 19.3. The van der Waals surface area contributed by atoms with Gasteiger partial charge in [0.05, 0.1) is 22.1 Å². The Kier molecular flexibility index (Phi) is 7.09. The van der Waals surface area contributed by atoms with Crippen LogP contribution in [0.1, 0.15) is 0 Å². The van der Waals surface area contributed by atoms with Gasteiger partial charge in [-0.3, -0.25) is 0 Å². The highest BCUT2D eigenvalue weighted by Gasteiger charge is 2.29. The van der Waals surface area contributed by atoms with Crippen LogP contribution in [-0.4, -0.2) is 9.13 Å². The van der Waals surface area contributed by atoms with E-state index >= 15 is 4.57 Å². The molecule has 0 aliphatic heterocycles. The zero-order valence-corrected chi connectivity index (χ0v) is 29.2. The molecule has 0 unspecified atom stereocenters. The maximum atomic E-state index is 15.0. The monoisotopic (exact) mass is 684 g/mol. The van der Waals surface area contributed by atoms with Crippen molar-refractivity contribution in [3.05, 3.63) is 200 Å². The highest BCUT2D eigenvalue weighted by Crippen LogP contribution is 2.43. The lowest BCUT2D eigenvalue weighted by Crippen LogP contribution is -2.24. The summed E-state index contributed by atoms with van der Waals surface area (Å²) >= 11 is 0. The Balaban J connectivity index is 1.10. The normalized spacial score (nSPS) is 11.9. The van der Waals surface area contributed by atoms with E-state index in [0.717, 1.165) is 38.3 Å². The van der Waals surface area contributed by atoms with Gasteiger partial charge in [-0.15, -0.1) is 0 Å². The van der Waals surface area contributed by atoms with Gasteiger partial charge >= 0.3 is 0 Å². The van der Waals surface area contributed by atoms with E-state index in [1.807, 2.05) is 72.8 Å². The fourth-order valence-electron chi connectivity index (χ4n) is 7.97. The SMILES string of the molecule is O=P(c1ccccc1)(c1ccccc1)c1ccc(-n2c3ccccc3c3cc(-c4ccc5c(c4)c4ccccc4n5-c4ccccc4)ccc32)cc1. The summed E-state index contributed by atoms with van der Waals surface area (Å²) in [6.45, 7) is 0. The number of benzene rings is 8. The summed E-state index contributed by atoms with van der Waals surface area (Å²) < 4.78 is 19.7. The van der Waals surface area contributed by atoms with Crippen molar-refractivity contribution >= 4 is 66.7 Å². The van der Waals surface area contributed by atoms with E-state index in [9.17, 15) is 0 Å². The molecule has 246 valence electrons. The van der Waals surface area contributed by atoms with Gasteiger partial charge in [0, 0.05) is 48.8 Å². The molecule has 52 heavy (non-hydrogen) atoms. The molecule has 0 aliphatic rings. The third kappa shape index (κ3) is 4.71. The van der Waals surface area contributed by atoms with Gasteiger partial charge in [-0.25, -0.2) is 0 Å².